The maximum Gasteiger partial charge on any atom is 0.0661 e. The first kappa shape index (κ1) is 14.0. The number of nitrogens with zero attached hydrogens (tertiary/aromatic N) is 1. The number of ether oxygens (including phenoxy) is 1. The fourth-order valence-electron chi connectivity index (χ4n) is 1.76. The molecule has 0 bridgehead atoms. The first-order chi connectivity index (χ1) is 8.19. The van der Waals surface area contributed by atoms with E-state index in [2.05, 4.69) is 55.5 Å². The molecule has 3 heteroatoms. The molecule has 1 atom stereocenters. The SMILES string of the molecule is CCNC(COCC)c1ccc(N(C)C)cc1. The zero-order valence-electron chi connectivity index (χ0n) is 11.4. The number of rotatable bonds is 7. The van der Waals surface area contributed by atoms with Crippen LogP contribution in [0.25, 0.3) is 0 Å². The van der Waals surface area contributed by atoms with Crippen molar-refractivity contribution in [3.63, 3.8) is 0 Å². The van der Waals surface area contributed by atoms with E-state index in [1.165, 1.54) is 11.3 Å². The standard InChI is InChI=1S/C14H24N2O/c1-5-15-14(11-17-6-2)12-7-9-13(10-8-12)16(3)4/h7-10,14-15H,5-6,11H2,1-4H3. The van der Waals surface area contributed by atoms with E-state index in [-0.39, 0.29) is 6.04 Å². The Hall–Kier alpha value is -1.06. The Morgan fingerprint density at radius 3 is 2.29 bits per heavy atom. The van der Waals surface area contributed by atoms with Crippen molar-refractivity contribution in [2.75, 3.05) is 38.8 Å². The van der Waals surface area contributed by atoms with Crippen molar-refractivity contribution < 1.29 is 4.74 Å². The molecule has 0 aliphatic rings. The highest BCUT2D eigenvalue weighted by Crippen LogP contribution is 2.18. The molecule has 0 fully saturated rings. The Morgan fingerprint density at radius 1 is 1.18 bits per heavy atom. The third-order valence-corrected chi connectivity index (χ3v) is 2.75. The van der Waals surface area contributed by atoms with Gasteiger partial charge >= 0.3 is 0 Å². The summed E-state index contributed by atoms with van der Waals surface area (Å²) in [6.45, 7) is 6.59. The summed E-state index contributed by atoms with van der Waals surface area (Å²) in [7, 11) is 4.11. The summed E-state index contributed by atoms with van der Waals surface area (Å²) in [6, 6.07) is 8.91. The van der Waals surface area contributed by atoms with Crippen LogP contribution in [-0.4, -0.2) is 33.9 Å². The van der Waals surface area contributed by atoms with Gasteiger partial charge in [0.05, 0.1) is 12.6 Å². The van der Waals surface area contributed by atoms with E-state index in [0.717, 1.165) is 19.8 Å². The number of anilines is 1. The average molecular weight is 236 g/mol. The van der Waals surface area contributed by atoms with Gasteiger partial charge in [-0.3, -0.25) is 0 Å². The lowest BCUT2D eigenvalue weighted by atomic mass is 10.1. The Bertz CT molecular complexity index is 309. The smallest absolute Gasteiger partial charge is 0.0661 e. The molecule has 1 rings (SSSR count). The van der Waals surface area contributed by atoms with E-state index in [0.29, 0.717) is 0 Å². The molecule has 3 nitrogen and oxygen atoms in total. The molecule has 0 heterocycles. The zero-order valence-corrected chi connectivity index (χ0v) is 11.4. The second-order valence-corrected chi connectivity index (χ2v) is 4.26. The maximum absolute atomic E-state index is 5.51. The molecule has 0 saturated heterocycles. The summed E-state index contributed by atoms with van der Waals surface area (Å²) in [6.07, 6.45) is 0. The minimum atomic E-state index is 0.288. The van der Waals surface area contributed by atoms with E-state index >= 15 is 0 Å². The molecule has 0 spiro atoms. The highest BCUT2D eigenvalue weighted by Gasteiger charge is 2.10. The summed E-state index contributed by atoms with van der Waals surface area (Å²) in [4.78, 5) is 2.11. The third kappa shape index (κ3) is 4.36. The Labute approximate surface area is 105 Å². The zero-order chi connectivity index (χ0) is 12.7. The van der Waals surface area contributed by atoms with E-state index in [1.54, 1.807) is 0 Å². The summed E-state index contributed by atoms with van der Waals surface area (Å²) in [5.41, 5.74) is 2.51. The lowest BCUT2D eigenvalue weighted by Crippen LogP contribution is -2.25. The molecule has 0 amide bonds. The van der Waals surface area contributed by atoms with Gasteiger partial charge in [0.15, 0.2) is 0 Å². The minimum Gasteiger partial charge on any atom is -0.380 e. The number of hydrogen-bond donors (Lipinski definition) is 1. The van der Waals surface area contributed by atoms with E-state index < -0.39 is 0 Å². The van der Waals surface area contributed by atoms with Gasteiger partial charge in [0.1, 0.15) is 0 Å². The molecule has 17 heavy (non-hydrogen) atoms. The van der Waals surface area contributed by atoms with Crippen molar-refractivity contribution in [3.05, 3.63) is 29.8 Å². The van der Waals surface area contributed by atoms with Crippen molar-refractivity contribution in [1.29, 1.82) is 0 Å². The second kappa shape index (κ2) is 7.30. The van der Waals surface area contributed by atoms with E-state index in [1.807, 2.05) is 6.92 Å². The summed E-state index contributed by atoms with van der Waals surface area (Å²) >= 11 is 0. The van der Waals surface area contributed by atoms with Crippen LogP contribution in [0.2, 0.25) is 0 Å². The molecule has 1 unspecified atom stereocenters. The van der Waals surface area contributed by atoms with Gasteiger partial charge in [0.2, 0.25) is 0 Å². The fourth-order valence-corrected chi connectivity index (χ4v) is 1.76. The molecular formula is C14H24N2O. The minimum absolute atomic E-state index is 0.288. The van der Waals surface area contributed by atoms with Crippen molar-refractivity contribution in [3.8, 4) is 0 Å². The molecule has 1 aromatic rings. The number of benzene rings is 1. The van der Waals surface area contributed by atoms with Crippen LogP contribution in [0.3, 0.4) is 0 Å². The Kier molecular flexibility index (Phi) is 6.01. The molecule has 96 valence electrons. The van der Waals surface area contributed by atoms with E-state index in [9.17, 15) is 0 Å². The van der Waals surface area contributed by atoms with Gasteiger partial charge in [-0.2, -0.15) is 0 Å². The molecule has 1 aromatic carbocycles. The van der Waals surface area contributed by atoms with Gasteiger partial charge in [-0.05, 0) is 31.2 Å². The highest BCUT2D eigenvalue weighted by molar-refractivity contribution is 5.46. The predicted octanol–water partition coefficient (Wildman–Crippen LogP) is 2.44. The first-order valence-corrected chi connectivity index (χ1v) is 6.27. The van der Waals surface area contributed by atoms with Gasteiger partial charge < -0.3 is 15.0 Å². The van der Waals surface area contributed by atoms with Gasteiger partial charge in [0.25, 0.3) is 0 Å². The summed E-state index contributed by atoms with van der Waals surface area (Å²) in [5.74, 6) is 0. The molecule has 1 N–H and O–H groups in total. The highest BCUT2D eigenvalue weighted by atomic mass is 16.5. The van der Waals surface area contributed by atoms with E-state index in [4.69, 9.17) is 4.74 Å². The van der Waals surface area contributed by atoms with Crippen LogP contribution >= 0.6 is 0 Å². The largest absolute Gasteiger partial charge is 0.380 e. The Morgan fingerprint density at radius 2 is 1.82 bits per heavy atom. The van der Waals surface area contributed by atoms with Crippen LogP contribution in [-0.2, 0) is 4.74 Å². The molecular weight excluding hydrogens is 212 g/mol. The number of hydrogen-bond acceptors (Lipinski definition) is 3. The van der Waals surface area contributed by atoms with Crippen LogP contribution in [0, 0.1) is 0 Å². The average Bonchev–Trinajstić information content (AvgIpc) is 2.34. The summed E-state index contributed by atoms with van der Waals surface area (Å²) in [5, 5.41) is 3.44. The maximum atomic E-state index is 5.51. The molecule has 0 radical (unpaired) electrons. The van der Waals surface area contributed by atoms with Gasteiger partial charge in [0, 0.05) is 26.4 Å². The molecule has 0 saturated carbocycles. The summed E-state index contributed by atoms with van der Waals surface area (Å²) < 4.78 is 5.51. The van der Waals surface area contributed by atoms with Crippen LogP contribution in [0.15, 0.2) is 24.3 Å². The normalized spacial score (nSPS) is 12.5. The monoisotopic (exact) mass is 236 g/mol. The van der Waals surface area contributed by atoms with Crippen LogP contribution in [0.5, 0.6) is 0 Å². The van der Waals surface area contributed by atoms with Crippen molar-refractivity contribution >= 4 is 5.69 Å². The third-order valence-electron chi connectivity index (χ3n) is 2.75. The number of likely N-dealkylation sites (N-methyl/N-ethyl adjacent to an activating group) is 1. The van der Waals surface area contributed by atoms with Crippen LogP contribution < -0.4 is 10.2 Å². The van der Waals surface area contributed by atoms with Gasteiger partial charge in [-0.15, -0.1) is 0 Å². The van der Waals surface area contributed by atoms with Gasteiger partial charge in [-0.25, -0.2) is 0 Å². The molecule has 0 aromatic heterocycles. The second-order valence-electron chi connectivity index (χ2n) is 4.26. The first-order valence-electron chi connectivity index (χ1n) is 6.27. The van der Waals surface area contributed by atoms with Crippen LogP contribution in [0.1, 0.15) is 25.5 Å². The van der Waals surface area contributed by atoms with Crippen molar-refractivity contribution in [1.82, 2.24) is 5.32 Å². The Balaban J connectivity index is 2.72. The predicted molar refractivity (Wildman–Crippen MR) is 73.7 cm³/mol. The molecule has 0 aliphatic carbocycles. The number of nitrogens with one attached hydrogen (secondary N) is 1. The topological polar surface area (TPSA) is 24.5 Å². The van der Waals surface area contributed by atoms with Crippen LogP contribution in [0.4, 0.5) is 5.69 Å². The lowest BCUT2D eigenvalue weighted by molar-refractivity contribution is 0.123. The molecule has 0 aliphatic heterocycles. The van der Waals surface area contributed by atoms with Crippen molar-refractivity contribution in [2.24, 2.45) is 0 Å². The van der Waals surface area contributed by atoms with Crippen molar-refractivity contribution in [2.45, 2.75) is 19.9 Å². The quantitative estimate of drug-likeness (QED) is 0.787. The fraction of sp³-hybridized carbons (Fsp3) is 0.571. The lowest BCUT2D eigenvalue weighted by Gasteiger charge is -2.19. The van der Waals surface area contributed by atoms with Gasteiger partial charge in [-0.1, -0.05) is 19.1 Å².